The van der Waals surface area contributed by atoms with Crippen LogP contribution in [0.15, 0.2) is 60.7 Å². The summed E-state index contributed by atoms with van der Waals surface area (Å²) in [5.74, 6) is 1.23. The van der Waals surface area contributed by atoms with Gasteiger partial charge in [0.25, 0.3) is 5.91 Å². The number of benzene rings is 2. The van der Waals surface area contributed by atoms with E-state index >= 15 is 0 Å². The van der Waals surface area contributed by atoms with Crippen molar-refractivity contribution in [3.8, 4) is 11.5 Å². The van der Waals surface area contributed by atoms with E-state index in [1.807, 2.05) is 76.2 Å². The maximum atomic E-state index is 12.8. The zero-order valence-corrected chi connectivity index (χ0v) is 18.8. The molecule has 162 valence electrons. The molecule has 1 atom stereocenters. The number of rotatable bonds is 8. The molecule has 0 fully saturated rings. The number of hydrogen-bond acceptors (Lipinski definition) is 4. The largest absolute Gasteiger partial charge is 0.457 e. The summed E-state index contributed by atoms with van der Waals surface area (Å²) in [7, 11) is 0. The average Bonchev–Trinajstić information content (AvgIpc) is 2.73. The van der Waals surface area contributed by atoms with Gasteiger partial charge in [-0.1, -0.05) is 25.1 Å². The molecular weight excluding hydrogens is 388 g/mol. The van der Waals surface area contributed by atoms with Crippen LogP contribution in [0.2, 0.25) is 0 Å². The first-order valence-electron chi connectivity index (χ1n) is 10.7. The molecule has 31 heavy (non-hydrogen) atoms. The van der Waals surface area contributed by atoms with Gasteiger partial charge in [-0.25, -0.2) is 0 Å². The minimum absolute atomic E-state index is 0.110. The summed E-state index contributed by atoms with van der Waals surface area (Å²) in [6, 6.07) is 19.0. The Morgan fingerprint density at radius 3 is 2.39 bits per heavy atom. The van der Waals surface area contributed by atoms with Crippen LogP contribution in [0, 0.1) is 6.92 Å². The van der Waals surface area contributed by atoms with Crippen LogP contribution in [-0.2, 0) is 11.2 Å². The highest BCUT2D eigenvalue weighted by Crippen LogP contribution is 2.26. The highest BCUT2D eigenvalue weighted by atomic mass is 16.5. The van der Waals surface area contributed by atoms with Gasteiger partial charge in [-0.3, -0.25) is 9.78 Å². The number of amides is 1. The van der Waals surface area contributed by atoms with E-state index in [9.17, 15) is 4.79 Å². The summed E-state index contributed by atoms with van der Waals surface area (Å²) in [6.07, 6.45) is 0.928. The first-order chi connectivity index (χ1) is 14.9. The van der Waals surface area contributed by atoms with Crippen molar-refractivity contribution < 1.29 is 14.3 Å². The molecule has 5 heteroatoms. The second kappa shape index (κ2) is 10.2. The van der Waals surface area contributed by atoms with Gasteiger partial charge in [0.1, 0.15) is 11.5 Å². The van der Waals surface area contributed by atoms with E-state index in [2.05, 4.69) is 23.3 Å². The maximum Gasteiger partial charge on any atom is 0.257 e. The van der Waals surface area contributed by atoms with Gasteiger partial charge in [0, 0.05) is 11.8 Å². The van der Waals surface area contributed by atoms with Crippen molar-refractivity contribution in [2.45, 2.75) is 53.2 Å². The van der Waals surface area contributed by atoms with Gasteiger partial charge >= 0.3 is 0 Å². The summed E-state index contributed by atoms with van der Waals surface area (Å²) in [5.41, 5.74) is 3.88. The zero-order chi connectivity index (χ0) is 22.4. The summed E-state index contributed by atoms with van der Waals surface area (Å²) in [6.45, 7) is 9.88. The lowest BCUT2D eigenvalue weighted by atomic mass is 10.1. The molecule has 1 N–H and O–H groups in total. The molecule has 3 aromatic rings. The van der Waals surface area contributed by atoms with Gasteiger partial charge in [-0.15, -0.1) is 0 Å². The molecule has 0 bridgehead atoms. The molecule has 0 spiro atoms. The molecule has 1 heterocycles. The lowest BCUT2D eigenvalue weighted by molar-refractivity contribution is 0.0154. The number of anilines is 1. The fraction of sp³-hybridized carbons (Fsp3) is 0.308. The highest BCUT2D eigenvalue weighted by molar-refractivity contribution is 6.05. The number of carbonyl (C=O) groups excluding carboxylic acids is 1. The van der Waals surface area contributed by atoms with Crippen LogP contribution in [0.5, 0.6) is 11.5 Å². The van der Waals surface area contributed by atoms with Gasteiger partial charge in [-0.05, 0) is 76.1 Å². The van der Waals surface area contributed by atoms with Crippen molar-refractivity contribution in [1.82, 2.24) is 4.98 Å². The van der Waals surface area contributed by atoms with Gasteiger partial charge in [-0.2, -0.15) is 0 Å². The number of ether oxygens (including phenoxy) is 2. The normalized spacial score (nSPS) is 11.9. The Bertz CT molecular complexity index is 1050. The quantitative estimate of drug-likeness (QED) is 0.455. The number of hydrogen-bond donors (Lipinski definition) is 1. The fourth-order valence-corrected chi connectivity index (χ4v) is 3.33. The predicted octanol–water partition coefficient (Wildman–Crippen LogP) is 6.48. The van der Waals surface area contributed by atoms with Crippen LogP contribution in [0.3, 0.4) is 0 Å². The molecule has 0 aliphatic rings. The molecule has 0 radical (unpaired) electrons. The SMILES string of the molecule is CCc1cccc(Oc2cccc(NC(=O)c3ccc(C(C)OC(C)C)nc3C)c2)c1. The monoisotopic (exact) mass is 418 g/mol. The molecular formula is C26H30N2O3. The Morgan fingerprint density at radius 2 is 1.71 bits per heavy atom. The second-order valence-corrected chi connectivity index (χ2v) is 7.78. The molecule has 5 nitrogen and oxygen atoms in total. The highest BCUT2D eigenvalue weighted by Gasteiger charge is 2.15. The number of aryl methyl sites for hydroxylation is 2. The molecule has 3 rings (SSSR count). The van der Waals surface area contributed by atoms with Gasteiger partial charge in [0.2, 0.25) is 0 Å². The lowest BCUT2D eigenvalue weighted by Crippen LogP contribution is -2.16. The number of nitrogens with zero attached hydrogens (tertiary/aromatic N) is 1. The average molecular weight is 419 g/mol. The van der Waals surface area contributed by atoms with Crippen molar-refractivity contribution in [1.29, 1.82) is 0 Å². The Balaban J connectivity index is 1.71. The van der Waals surface area contributed by atoms with Crippen molar-refractivity contribution in [2.75, 3.05) is 5.32 Å². The zero-order valence-electron chi connectivity index (χ0n) is 18.8. The van der Waals surface area contributed by atoms with Crippen molar-refractivity contribution in [3.05, 3.63) is 83.2 Å². The minimum Gasteiger partial charge on any atom is -0.457 e. The molecule has 1 unspecified atom stereocenters. The van der Waals surface area contributed by atoms with Crippen molar-refractivity contribution in [3.63, 3.8) is 0 Å². The third kappa shape index (κ3) is 6.15. The van der Waals surface area contributed by atoms with E-state index < -0.39 is 0 Å². The minimum atomic E-state index is -0.209. The van der Waals surface area contributed by atoms with E-state index in [-0.39, 0.29) is 18.1 Å². The van der Waals surface area contributed by atoms with Crippen LogP contribution >= 0.6 is 0 Å². The third-order valence-corrected chi connectivity index (χ3v) is 4.88. The lowest BCUT2D eigenvalue weighted by Gasteiger charge is -2.17. The summed E-state index contributed by atoms with van der Waals surface area (Å²) >= 11 is 0. The van der Waals surface area contributed by atoms with Crippen LogP contribution in [0.1, 0.15) is 61.1 Å². The molecule has 1 aromatic heterocycles. The third-order valence-electron chi connectivity index (χ3n) is 4.88. The number of pyridine rings is 1. The molecule has 2 aromatic carbocycles. The molecule has 1 amide bonds. The maximum absolute atomic E-state index is 12.8. The van der Waals surface area contributed by atoms with E-state index in [0.717, 1.165) is 17.9 Å². The van der Waals surface area contributed by atoms with E-state index in [0.29, 0.717) is 22.7 Å². The smallest absolute Gasteiger partial charge is 0.257 e. The number of carbonyl (C=O) groups is 1. The van der Waals surface area contributed by atoms with Gasteiger partial charge < -0.3 is 14.8 Å². The topological polar surface area (TPSA) is 60.5 Å². The summed E-state index contributed by atoms with van der Waals surface area (Å²) < 4.78 is 11.8. The Labute approximate surface area is 184 Å². The first-order valence-corrected chi connectivity index (χ1v) is 10.7. The second-order valence-electron chi connectivity index (χ2n) is 7.78. The van der Waals surface area contributed by atoms with Gasteiger partial charge in [0.05, 0.1) is 29.2 Å². The summed E-state index contributed by atoms with van der Waals surface area (Å²) in [5, 5.41) is 2.94. The first kappa shape index (κ1) is 22.5. The van der Waals surface area contributed by atoms with Crippen molar-refractivity contribution in [2.24, 2.45) is 0 Å². The summed E-state index contributed by atoms with van der Waals surface area (Å²) in [4.78, 5) is 17.4. The predicted molar refractivity (Wildman–Crippen MR) is 124 cm³/mol. The van der Waals surface area contributed by atoms with E-state index in [1.54, 1.807) is 6.07 Å². The number of aromatic nitrogens is 1. The van der Waals surface area contributed by atoms with Crippen LogP contribution in [0.4, 0.5) is 5.69 Å². The number of nitrogens with one attached hydrogen (secondary N) is 1. The van der Waals surface area contributed by atoms with Gasteiger partial charge in [0.15, 0.2) is 0 Å². The van der Waals surface area contributed by atoms with E-state index in [1.165, 1.54) is 5.56 Å². The fourth-order valence-electron chi connectivity index (χ4n) is 3.33. The van der Waals surface area contributed by atoms with E-state index in [4.69, 9.17) is 9.47 Å². The standard InChI is InChI=1S/C26H30N2O3/c1-6-20-9-7-11-22(15-20)31-23-12-8-10-21(16-23)28-26(29)24-13-14-25(27-18(24)4)19(5)30-17(2)3/h7-17,19H,6H2,1-5H3,(H,28,29). The van der Waals surface area contributed by atoms with Crippen LogP contribution < -0.4 is 10.1 Å². The Kier molecular flexibility index (Phi) is 7.42. The van der Waals surface area contributed by atoms with Crippen LogP contribution in [0.25, 0.3) is 0 Å². The molecule has 0 aliphatic heterocycles. The molecule has 0 saturated heterocycles. The Hall–Kier alpha value is -3.18. The van der Waals surface area contributed by atoms with Crippen molar-refractivity contribution >= 4 is 11.6 Å². The molecule has 0 saturated carbocycles. The van der Waals surface area contributed by atoms with Crippen LogP contribution in [-0.4, -0.2) is 17.0 Å². The Morgan fingerprint density at radius 1 is 1.00 bits per heavy atom. The molecule has 0 aliphatic carbocycles.